The van der Waals surface area contributed by atoms with Crippen LogP contribution in [0.1, 0.15) is 61.3 Å². The van der Waals surface area contributed by atoms with Crippen LogP contribution >= 0.6 is 0 Å². The van der Waals surface area contributed by atoms with Crippen molar-refractivity contribution < 1.29 is 9.59 Å². The highest BCUT2D eigenvalue weighted by Gasteiger charge is 2.30. The first-order chi connectivity index (χ1) is 14.5. The number of aryl methyl sites for hydroxylation is 2. The Kier molecular flexibility index (Phi) is 7.67. The summed E-state index contributed by atoms with van der Waals surface area (Å²) in [5.41, 5.74) is 4.35. The maximum absolute atomic E-state index is 13.4. The molecule has 2 aromatic carbocycles. The Morgan fingerprint density at radius 1 is 1.03 bits per heavy atom. The number of carbonyl (C=O) groups is 2. The van der Waals surface area contributed by atoms with Crippen LogP contribution < -0.4 is 5.32 Å². The van der Waals surface area contributed by atoms with E-state index in [1.165, 1.54) is 18.4 Å². The maximum atomic E-state index is 13.4. The van der Waals surface area contributed by atoms with Gasteiger partial charge in [-0.2, -0.15) is 0 Å². The smallest absolute Gasteiger partial charge is 0.243 e. The van der Waals surface area contributed by atoms with Crippen LogP contribution in [0.25, 0.3) is 0 Å². The van der Waals surface area contributed by atoms with Crippen molar-refractivity contribution in [3.8, 4) is 0 Å². The molecule has 2 amide bonds. The second kappa shape index (κ2) is 10.4. The van der Waals surface area contributed by atoms with E-state index in [9.17, 15) is 9.59 Å². The lowest BCUT2D eigenvalue weighted by atomic mass is 10.0. The van der Waals surface area contributed by atoms with Crippen molar-refractivity contribution in [2.45, 2.75) is 77.9 Å². The minimum Gasteiger partial charge on any atom is -0.352 e. The van der Waals surface area contributed by atoms with E-state index >= 15 is 0 Å². The first-order valence-corrected chi connectivity index (χ1v) is 11.2. The molecule has 1 N–H and O–H groups in total. The summed E-state index contributed by atoms with van der Waals surface area (Å²) in [5, 5.41) is 3.20. The third-order valence-electron chi connectivity index (χ3n) is 6.16. The van der Waals surface area contributed by atoms with Gasteiger partial charge in [-0.15, -0.1) is 0 Å². The average Bonchev–Trinajstić information content (AvgIpc) is 3.24. The van der Waals surface area contributed by atoms with Gasteiger partial charge >= 0.3 is 0 Å². The van der Waals surface area contributed by atoms with Crippen molar-refractivity contribution in [3.05, 3.63) is 70.8 Å². The minimum atomic E-state index is -0.455. The Morgan fingerprint density at radius 3 is 2.33 bits per heavy atom. The summed E-state index contributed by atoms with van der Waals surface area (Å²) in [6, 6.07) is 16.0. The molecule has 1 fully saturated rings. The third-order valence-corrected chi connectivity index (χ3v) is 6.16. The molecule has 1 atom stereocenters. The average molecular weight is 407 g/mol. The van der Waals surface area contributed by atoms with E-state index in [1.807, 2.05) is 50.2 Å². The molecule has 0 saturated heterocycles. The van der Waals surface area contributed by atoms with Crippen LogP contribution in [0.4, 0.5) is 0 Å². The Morgan fingerprint density at radius 2 is 1.70 bits per heavy atom. The molecule has 4 nitrogen and oxygen atoms in total. The first-order valence-electron chi connectivity index (χ1n) is 11.2. The van der Waals surface area contributed by atoms with E-state index in [2.05, 4.69) is 24.4 Å². The standard InChI is InChI=1S/C26H34N2O2/c1-4-24(26(30)27-23-11-7-8-12-23)28(18-21-15-13-19(2)14-16-21)25(29)17-22-10-6-5-9-20(22)3/h5-6,9-10,13-16,23-24H,4,7-8,11-12,17-18H2,1-3H3,(H,27,30)/t24-/m1/s1. The van der Waals surface area contributed by atoms with E-state index < -0.39 is 6.04 Å². The number of rotatable bonds is 8. The first kappa shape index (κ1) is 22.1. The molecule has 0 aliphatic heterocycles. The number of nitrogens with one attached hydrogen (secondary N) is 1. The van der Waals surface area contributed by atoms with Crippen molar-refractivity contribution in [1.82, 2.24) is 10.2 Å². The van der Waals surface area contributed by atoms with Crippen LogP contribution in [0.3, 0.4) is 0 Å². The van der Waals surface area contributed by atoms with Crippen LogP contribution in [-0.2, 0) is 22.6 Å². The highest BCUT2D eigenvalue weighted by molar-refractivity contribution is 5.88. The summed E-state index contributed by atoms with van der Waals surface area (Å²) in [6.45, 7) is 6.51. The zero-order valence-electron chi connectivity index (χ0n) is 18.5. The summed E-state index contributed by atoms with van der Waals surface area (Å²) in [7, 11) is 0. The number of nitrogens with zero attached hydrogens (tertiary/aromatic N) is 1. The summed E-state index contributed by atoms with van der Waals surface area (Å²) in [6.07, 6.45) is 5.33. The second-order valence-corrected chi connectivity index (χ2v) is 8.52. The van der Waals surface area contributed by atoms with Gasteiger partial charge in [0.2, 0.25) is 11.8 Å². The Hall–Kier alpha value is -2.62. The molecule has 30 heavy (non-hydrogen) atoms. The number of benzene rings is 2. The van der Waals surface area contributed by atoms with Gasteiger partial charge in [-0.1, -0.05) is 73.9 Å². The van der Waals surface area contributed by atoms with E-state index in [1.54, 1.807) is 4.90 Å². The lowest BCUT2D eigenvalue weighted by Gasteiger charge is -2.32. The van der Waals surface area contributed by atoms with Gasteiger partial charge in [0.25, 0.3) is 0 Å². The van der Waals surface area contributed by atoms with Crippen molar-refractivity contribution in [2.24, 2.45) is 0 Å². The zero-order valence-corrected chi connectivity index (χ0v) is 18.5. The molecule has 1 aliphatic carbocycles. The van der Waals surface area contributed by atoms with E-state index in [-0.39, 0.29) is 17.9 Å². The highest BCUT2D eigenvalue weighted by atomic mass is 16.2. The molecule has 4 heteroatoms. The molecular formula is C26H34N2O2. The number of carbonyl (C=O) groups excluding carboxylic acids is 2. The van der Waals surface area contributed by atoms with E-state index in [0.29, 0.717) is 19.4 Å². The fraction of sp³-hybridized carbons (Fsp3) is 0.462. The summed E-state index contributed by atoms with van der Waals surface area (Å²) in [4.78, 5) is 28.3. The molecule has 160 valence electrons. The van der Waals surface area contributed by atoms with Crippen LogP contribution in [0, 0.1) is 13.8 Å². The second-order valence-electron chi connectivity index (χ2n) is 8.52. The van der Waals surface area contributed by atoms with Crippen LogP contribution in [-0.4, -0.2) is 28.8 Å². The molecule has 3 rings (SSSR count). The van der Waals surface area contributed by atoms with Gasteiger partial charge in [-0.25, -0.2) is 0 Å². The van der Waals surface area contributed by atoms with Gasteiger partial charge in [-0.3, -0.25) is 9.59 Å². The molecule has 0 unspecified atom stereocenters. The molecule has 0 heterocycles. The molecule has 1 saturated carbocycles. The predicted octanol–water partition coefficient (Wildman–Crippen LogP) is 4.71. The number of hydrogen-bond donors (Lipinski definition) is 1. The molecule has 0 aromatic heterocycles. The lowest BCUT2D eigenvalue weighted by molar-refractivity contribution is -0.141. The number of amides is 2. The van der Waals surface area contributed by atoms with Gasteiger partial charge in [0.15, 0.2) is 0 Å². The van der Waals surface area contributed by atoms with Crippen LogP contribution in [0.2, 0.25) is 0 Å². The lowest BCUT2D eigenvalue weighted by Crippen LogP contribution is -2.51. The quantitative estimate of drug-likeness (QED) is 0.690. The monoisotopic (exact) mass is 406 g/mol. The van der Waals surface area contributed by atoms with E-state index in [0.717, 1.165) is 29.5 Å². The summed E-state index contributed by atoms with van der Waals surface area (Å²) in [5.74, 6) is -0.0204. The fourth-order valence-corrected chi connectivity index (χ4v) is 4.25. The Labute approximate surface area is 180 Å². The van der Waals surface area contributed by atoms with Crippen LogP contribution in [0.5, 0.6) is 0 Å². The molecule has 0 bridgehead atoms. The van der Waals surface area contributed by atoms with Gasteiger partial charge in [0, 0.05) is 12.6 Å². The largest absolute Gasteiger partial charge is 0.352 e. The van der Waals surface area contributed by atoms with Crippen LogP contribution in [0.15, 0.2) is 48.5 Å². The molecule has 1 aliphatic rings. The van der Waals surface area contributed by atoms with Gasteiger partial charge < -0.3 is 10.2 Å². The summed E-state index contributed by atoms with van der Waals surface area (Å²) >= 11 is 0. The summed E-state index contributed by atoms with van der Waals surface area (Å²) < 4.78 is 0. The van der Waals surface area contributed by atoms with Crippen molar-refractivity contribution in [2.75, 3.05) is 0 Å². The highest BCUT2D eigenvalue weighted by Crippen LogP contribution is 2.20. The molecular weight excluding hydrogens is 372 g/mol. The van der Waals surface area contributed by atoms with Gasteiger partial charge in [-0.05, 0) is 49.8 Å². The number of hydrogen-bond acceptors (Lipinski definition) is 2. The normalized spacial score (nSPS) is 15.0. The minimum absolute atomic E-state index is 0.00158. The molecule has 0 spiro atoms. The molecule has 0 radical (unpaired) electrons. The zero-order chi connectivity index (χ0) is 21.5. The van der Waals surface area contributed by atoms with E-state index in [4.69, 9.17) is 0 Å². The van der Waals surface area contributed by atoms with Crippen molar-refractivity contribution in [3.63, 3.8) is 0 Å². The van der Waals surface area contributed by atoms with Gasteiger partial charge in [0.05, 0.1) is 6.42 Å². The third kappa shape index (κ3) is 5.71. The fourth-order valence-electron chi connectivity index (χ4n) is 4.25. The topological polar surface area (TPSA) is 49.4 Å². The maximum Gasteiger partial charge on any atom is 0.243 e. The Balaban J connectivity index is 1.82. The Bertz CT molecular complexity index is 854. The molecule has 2 aromatic rings. The SMILES string of the molecule is CC[C@H](C(=O)NC1CCCC1)N(Cc1ccc(C)cc1)C(=O)Cc1ccccc1C. The van der Waals surface area contributed by atoms with Gasteiger partial charge in [0.1, 0.15) is 6.04 Å². The van der Waals surface area contributed by atoms with Crippen molar-refractivity contribution in [1.29, 1.82) is 0 Å². The van der Waals surface area contributed by atoms with Crippen molar-refractivity contribution >= 4 is 11.8 Å². The predicted molar refractivity (Wildman–Crippen MR) is 121 cm³/mol.